The maximum absolute atomic E-state index is 12.6. The summed E-state index contributed by atoms with van der Waals surface area (Å²) in [5.41, 5.74) is 0.807. The van der Waals surface area contributed by atoms with E-state index in [9.17, 15) is 13.2 Å². The van der Waals surface area contributed by atoms with Crippen LogP contribution < -0.4 is 4.74 Å². The van der Waals surface area contributed by atoms with E-state index >= 15 is 0 Å². The molecule has 0 spiro atoms. The number of ether oxygens (including phenoxy) is 1. The molecular weight excluding hydrogens is 281 g/mol. The first-order valence-electron chi connectivity index (χ1n) is 6.25. The molecule has 3 aromatic rings. The number of nitrogens with zero attached hydrogens (tertiary/aromatic N) is 2. The van der Waals surface area contributed by atoms with Gasteiger partial charge >= 0.3 is 6.18 Å². The van der Waals surface area contributed by atoms with Crippen molar-refractivity contribution in [2.45, 2.75) is 12.8 Å². The molecule has 108 valence electrons. The molecule has 2 heterocycles. The van der Waals surface area contributed by atoms with Crippen molar-refractivity contribution in [3.8, 4) is 5.75 Å². The van der Waals surface area contributed by atoms with Crippen LogP contribution in [0.1, 0.15) is 11.3 Å². The van der Waals surface area contributed by atoms with Gasteiger partial charge in [-0.1, -0.05) is 12.1 Å². The monoisotopic (exact) mass is 292 g/mol. The minimum absolute atomic E-state index is 0.145. The number of pyridine rings is 1. The number of alkyl halides is 3. The first-order valence-corrected chi connectivity index (χ1v) is 6.25. The van der Waals surface area contributed by atoms with Crippen LogP contribution in [0.3, 0.4) is 0 Å². The lowest BCUT2D eigenvalue weighted by Crippen LogP contribution is -2.05. The minimum Gasteiger partial charge on any atom is -0.487 e. The normalized spacial score (nSPS) is 11.8. The highest BCUT2D eigenvalue weighted by Gasteiger charge is 2.30. The quantitative estimate of drug-likeness (QED) is 0.731. The number of imidazole rings is 1. The molecule has 6 heteroatoms. The molecule has 3 nitrogen and oxygen atoms in total. The molecule has 0 bridgehead atoms. The predicted octanol–water partition coefficient (Wildman–Crippen LogP) is 3.93. The summed E-state index contributed by atoms with van der Waals surface area (Å²) in [5, 5.41) is 0. The fourth-order valence-corrected chi connectivity index (χ4v) is 2.01. The third-order valence-corrected chi connectivity index (χ3v) is 3.04. The summed E-state index contributed by atoms with van der Waals surface area (Å²) in [4.78, 5) is 4.19. The molecule has 0 N–H and O–H groups in total. The Hall–Kier alpha value is -2.50. The summed E-state index contributed by atoms with van der Waals surface area (Å²) in [6.07, 6.45) is -0.904. The Morgan fingerprint density at radius 2 is 1.95 bits per heavy atom. The number of halogens is 3. The van der Waals surface area contributed by atoms with Crippen molar-refractivity contribution >= 4 is 5.65 Å². The van der Waals surface area contributed by atoms with Gasteiger partial charge in [-0.25, -0.2) is 4.98 Å². The molecular formula is C15H11F3N2O. The maximum Gasteiger partial charge on any atom is 0.416 e. The van der Waals surface area contributed by atoms with E-state index in [-0.39, 0.29) is 12.4 Å². The van der Waals surface area contributed by atoms with Gasteiger partial charge in [0.05, 0.1) is 17.5 Å². The number of hydrogen-bond donors (Lipinski definition) is 0. The topological polar surface area (TPSA) is 26.5 Å². The number of rotatable bonds is 3. The van der Waals surface area contributed by atoms with Gasteiger partial charge < -0.3 is 9.14 Å². The summed E-state index contributed by atoms with van der Waals surface area (Å²) in [5.74, 6) is 0.177. The van der Waals surface area contributed by atoms with Crippen molar-refractivity contribution in [3.05, 3.63) is 66.1 Å². The summed E-state index contributed by atoms with van der Waals surface area (Å²) in [6.45, 7) is 0.145. The second-order valence-electron chi connectivity index (χ2n) is 4.49. The highest BCUT2D eigenvalue weighted by molar-refractivity contribution is 5.39. The molecule has 0 aliphatic carbocycles. The second-order valence-corrected chi connectivity index (χ2v) is 4.49. The molecule has 21 heavy (non-hydrogen) atoms. The minimum atomic E-state index is -4.37. The zero-order chi connectivity index (χ0) is 14.9. The van der Waals surface area contributed by atoms with E-state index in [0.29, 0.717) is 0 Å². The standard InChI is InChI=1S/C15H11F3N2O/c16-15(17,18)11-4-3-5-13(8-11)21-10-12-9-19-14-6-1-2-7-20(12)14/h1-9H,10H2. The lowest BCUT2D eigenvalue weighted by Gasteiger charge is -2.10. The third kappa shape index (κ3) is 2.84. The van der Waals surface area contributed by atoms with Gasteiger partial charge in [0, 0.05) is 6.20 Å². The molecule has 0 saturated heterocycles. The average Bonchev–Trinajstić information content (AvgIpc) is 2.88. The largest absolute Gasteiger partial charge is 0.487 e. The Bertz CT molecular complexity index is 765. The van der Waals surface area contributed by atoms with Crippen molar-refractivity contribution in [2.75, 3.05) is 0 Å². The summed E-state index contributed by atoms with van der Waals surface area (Å²) < 4.78 is 45.1. The fraction of sp³-hybridized carbons (Fsp3) is 0.133. The van der Waals surface area contributed by atoms with Gasteiger partial charge in [0.25, 0.3) is 0 Å². The third-order valence-electron chi connectivity index (χ3n) is 3.04. The lowest BCUT2D eigenvalue weighted by atomic mass is 10.2. The van der Waals surface area contributed by atoms with E-state index in [1.807, 2.05) is 28.8 Å². The Morgan fingerprint density at radius 3 is 2.76 bits per heavy atom. The van der Waals surface area contributed by atoms with Crippen molar-refractivity contribution in [1.82, 2.24) is 9.38 Å². The zero-order valence-corrected chi connectivity index (χ0v) is 10.8. The lowest BCUT2D eigenvalue weighted by molar-refractivity contribution is -0.137. The smallest absolute Gasteiger partial charge is 0.416 e. The van der Waals surface area contributed by atoms with Gasteiger partial charge in [-0.15, -0.1) is 0 Å². The molecule has 0 aliphatic rings. The van der Waals surface area contributed by atoms with Crippen LogP contribution in [-0.4, -0.2) is 9.38 Å². The van der Waals surface area contributed by atoms with Crippen molar-refractivity contribution < 1.29 is 17.9 Å². The molecule has 0 unspecified atom stereocenters. The number of fused-ring (bicyclic) bond motifs is 1. The van der Waals surface area contributed by atoms with Crippen LogP contribution in [0.5, 0.6) is 5.75 Å². The van der Waals surface area contributed by atoms with Crippen LogP contribution in [0.15, 0.2) is 54.9 Å². The van der Waals surface area contributed by atoms with Gasteiger partial charge in [0.2, 0.25) is 0 Å². The predicted molar refractivity (Wildman–Crippen MR) is 71.0 cm³/mol. The maximum atomic E-state index is 12.6. The van der Waals surface area contributed by atoms with E-state index in [1.165, 1.54) is 12.1 Å². The number of aromatic nitrogens is 2. The van der Waals surface area contributed by atoms with Gasteiger partial charge in [-0.05, 0) is 30.3 Å². The zero-order valence-electron chi connectivity index (χ0n) is 10.8. The molecule has 0 radical (unpaired) electrons. The van der Waals surface area contributed by atoms with Gasteiger partial charge in [0.15, 0.2) is 0 Å². The van der Waals surface area contributed by atoms with E-state index in [1.54, 1.807) is 6.20 Å². The molecule has 2 aromatic heterocycles. The van der Waals surface area contributed by atoms with Crippen LogP contribution >= 0.6 is 0 Å². The molecule has 0 atom stereocenters. The van der Waals surface area contributed by atoms with Crippen LogP contribution in [0.25, 0.3) is 5.65 Å². The van der Waals surface area contributed by atoms with Crippen molar-refractivity contribution in [2.24, 2.45) is 0 Å². The molecule has 0 amide bonds. The Morgan fingerprint density at radius 1 is 1.10 bits per heavy atom. The first-order chi connectivity index (χ1) is 10.0. The fourth-order valence-electron chi connectivity index (χ4n) is 2.01. The summed E-state index contributed by atoms with van der Waals surface area (Å²) in [7, 11) is 0. The highest BCUT2D eigenvalue weighted by Crippen LogP contribution is 2.31. The van der Waals surface area contributed by atoms with E-state index in [4.69, 9.17) is 4.74 Å². The first kappa shape index (κ1) is 13.5. The van der Waals surface area contributed by atoms with E-state index < -0.39 is 11.7 Å². The summed E-state index contributed by atoms with van der Waals surface area (Å²) >= 11 is 0. The van der Waals surface area contributed by atoms with Gasteiger partial charge in [-0.3, -0.25) is 0 Å². The van der Waals surface area contributed by atoms with Crippen molar-refractivity contribution in [3.63, 3.8) is 0 Å². The number of benzene rings is 1. The van der Waals surface area contributed by atoms with E-state index in [0.717, 1.165) is 23.5 Å². The Kier molecular flexibility index (Phi) is 3.29. The van der Waals surface area contributed by atoms with Crippen LogP contribution in [-0.2, 0) is 12.8 Å². The molecule has 3 rings (SSSR count). The molecule has 1 aromatic carbocycles. The highest BCUT2D eigenvalue weighted by atomic mass is 19.4. The Balaban J connectivity index is 1.79. The number of hydrogen-bond acceptors (Lipinski definition) is 2. The van der Waals surface area contributed by atoms with Gasteiger partial charge in [0.1, 0.15) is 18.0 Å². The van der Waals surface area contributed by atoms with Crippen LogP contribution in [0.4, 0.5) is 13.2 Å². The average molecular weight is 292 g/mol. The summed E-state index contributed by atoms with van der Waals surface area (Å²) in [6, 6.07) is 10.4. The molecule has 0 aliphatic heterocycles. The van der Waals surface area contributed by atoms with Crippen molar-refractivity contribution in [1.29, 1.82) is 0 Å². The van der Waals surface area contributed by atoms with Crippen LogP contribution in [0, 0.1) is 0 Å². The molecule has 0 saturated carbocycles. The van der Waals surface area contributed by atoms with E-state index in [2.05, 4.69) is 4.98 Å². The SMILES string of the molecule is FC(F)(F)c1cccc(OCc2cnc3ccccn23)c1. The molecule has 0 fully saturated rings. The Labute approximate surface area is 118 Å². The van der Waals surface area contributed by atoms with Crippen LogP contribution in [0.2, 0.25) is 0 Å². The van der Waals surface area contributed by atoms with Gasteiger partial charge in [-0.2, -0.15) is 13.2 Å². The second kappa shape index (κ2) is 5.12.